The van der Waals surface area contributed by atoms with Crippen LogP contribution in [0, 0.1) is 22.7 Å². The molecule has 44 heavy (non-hydrogen) atoms. The minimum atomic E-state index is -2.02. The van der Waals surface area contributed by atoms with Crippen LogP contribution in [-0.4, -0.2) is 58.5 Å². The zero-order valence-electron chi connectivity index (χ0n) is 27.4. The maximum Gasteiger partial charge on any atom is 0.306 e. The van der Waals surface area contributed by atoms with Crippen molar-refractivity contribution in [3.05, 3.63) is 23.8 Å². The van der Waals surface area contributed by atoms with Crippen LogP contribution >= 0.6 is 0 Å². The quantitative estimate of drug-likeness (QED) is 0.178. The highest BCUT2D eigenvalue weighted by molar-refractivity contribution is 6.01. The van der Waals surface area contributed by atoms with Crippen molar-refractivity contribution in [1.82, 2.24) is 0 Å². The molecule has 8 atom stereocenters. The van der Waals surface area contributed by atoms with Gasteiger partial charge in [0.05, 0.1) is 12.2 Å². The van der Waals surface area contributed by atoms with Crippen molar-refractivity contribution in [3.8, 4) is 0 Å². The van der Waals surface area contributed by atoms with Gasteiger partial charge in [-0.2, -0.15) is 0 Å². The van der Waals surface area contributed by atoms with E-state index in [0.717, 1.165) is 19.3 Å². The number of alkyl halides is 1. The molecular weight excluding hydrogens is 563 g/mol. The highest BCUT2D eigenvalue weighted by Crippen LogP contribution is 2.72. The van der Waals surface area contributed by atoms with E-state index in [1.165, 1.54) is 50.7 Å². The van der Waals surface area contributed by atoms with E-state index in [0.29, 0.717) is 24.8 Å². The van der Waals surface area contributed by atoms with Gasteiger partial charge in [-0.15, -0.1) is 0 Å². The van der Waals surface area contributed by atoms with Crippen molar-refractivity contribution in [1.29, 1.82) is 0 Å². The molecule has 1 aliphatic heterocycles. The third kappa shape index (κ3) is 5.34. The molecule has 0 aromatic heterocycles. The lowest BCUT2D eigenvalue weighted by atomic mass is 9.44. The molecule has 1 N–H and O–H groups in total. The van der Waals surface area contributed by atoms with Crippen molar-refractivity contribution < 1.29 is 38.1 Å². The summed E-state index contributed by atoms with van der Waals surface area (Å²) in [7, 11) is 0. The minimum Gasteiger partial charge on any atom is -0.458 e. The first-order valence-corrected chi connectivity index (χ1v) is 17.1. The first-order valence-electron chi connectivity index (χ1n) is 17.1. The van der Waals surface area contributed by atoms with Crippen LogP contribution in [0.3, 0.4) is 0 Å². The van der Waals surface area contributed by atoms with Gasteiger partial charge in [0.2, 0.25) is 5.78 Å². The maximum absolute atomic E-state index is 17.6. The second-order valence-electron chi connectivity index (χ2n) is 15.0. The van der Waals surface area contributed by atoms with Gasteiger partial charge >= 0.3 is 5.97 Å². The molecule has 246 valence electrons. The summed E-state index contributed by atoms with van der Waals surface area (Å²) in [5.74, 6) is -2.91. The van der Waals surface area contributed by atoms with Crippen molar-refractivity contribution in [2.24, 2.45) is 22.7 Å². The van der Waals surface area contributed by atoms with E-state index in [-0.39, 0.29) is 30.3 Å². The molecule has 1 heterocycles. The Bertz CT molecular complexity index is 1190. The van der Waals surface area contributed by atoms with Crippen LogP contribution in [0.4, 0.5) is 4.39 Å². The Morgan fingerprint density at radius 2 is 1.68 bits per heavy atom. The first-order chi connectivity index (χ1) is 20.7. The number of ketones is 2. The van der Waals surface area contributed by atoms with Crippen molar-refractivity contribution >= 4 is 17.5 Å². The van der Waals surface area contributed by atoms with Crippen LogP contribution in [0.15, 0.2) is 23.8 Å². The normalized spacial score (nSPS) is 40.1. The number of ether oxygens (including phenoxy) is 3. The van der Waals surface area contributed by atoms with Crippen LogP contribution in [-0.2, 0) is 28.6 Å². The molecular formula is C36H53FO7. The Morgan fingerprint density at radius 1 is 1.02 bits per heavy atom. The Morgan fingerprint density at radius 3 is 2.36 bits per heavy atom. The third-order valence-electron chi connectivity index (χ3n) is 11.9. The van der Waals surface area contributed by atoms with E-state index >= 15 is 4.39 Å². The van der Waals surface area contributed by atoms with Crippen LogP contribution in [0.25, 0.3) is 0 Å². The summed E-state index contributed by atoms with van der Waals surface area (Å²) in [6.45, 7) is 8.99. The summed E-state index contributed by atoms with van der Waals surface area (Å²) in [5.41, 5.74) is -4.85. The zero-order valence-corrected chi connectivity index (χ0v) is 27.4. The van der Waals surface area contributed by atoms with E-state index in [9.17, 15) is 19.5 Å². The number of aliphatic hydroxyl groups is 1. The van der Waals surface area contributed by atoms with Gasteiger partial charge in [0.25, 0.3) is 0 Å². The van der Waals surface area contributed by atoms with Crippen LogP contribution < -0.4 is 0 Å². The number of hydrogen-bond donors (Lipinski definition) is 1. The molecule has 0 amide bonds. The predicted octanol–water partition coefficient (Wildman–Crippen LogP) is 6.89. The molecule has 5 aliphatic rings. The van der Waals surface area contributed by atoms with Crippen LogP contribution in [0.1, 0.15) is 125 Å². The SMILES string of the molecule is CCCCCCCCCCCC(=O)OCC(=O)[C@@]12OC(C)(C)O[C@@H]1C[C@H]1[C@@H]3CCC4=CC(=O)C=C[C@]4(C)C3(F)[C@@H](O)C[C@@]12C. The predicted molar refractivity (Wildman–Crippen MR) is 164 cm³/mol. The van der Waals surface area contributed by atoms with Gasteiger partial charge in [-0.1, -0.05) is 76.9 Å². The van der Waals surface area contributed by atoms with Crippen LogP contribution in [0.5, 0.6) is 0 Å². The van der Waals surface area contributed by atoms with E-state index in [4.69, 9.17) is 14.2 Å². The van der Waals surface area contributed by atoms with Crippen molar-refractivity contribution in [3.63, 3.8) is 0 Å². The number of Topliss-reactive ketones (excluding diaryl/α,β-unsaturated/α-hetero) is 1. The molecule has 1 saturated heterocycles. The fourth-order valence-corrected chi connectivity index (χ4v) is 9.71. The molecule has 0 spiro atoms. The Kier molecular flexibility index (Phi) is 9.41. The highest BCUT2D eigenvalue weighted by Gasteiger charge is 2.80. The fourth-order valence-electron chi connectivity index (χ4n) is 9.71. The number of aliphatic hydroxyl groups excluding tert-OH is 1. The number of rotatable bonds is 13. The number of carbonyl (C=O) groups is 3. The Balaban J connectivity index is 1.27. The van der Waals surface area contributed by atoms with E-state index in [1.807, 2.05) is 6.92 Å². The Hall–Kier alpha value is -1.90. The minimum absolute atomic E-state index is 0.0105. The molecule has 0 bridgehead atoms. The summed E-state index contributed by atoms with van der Waals surface area (Å²) in [5, 5.41) is 11.7. The molecule has 0 aromatic carbocycles. The van der Waals surface area contributed by atoms with Gasteiger partial charge in [-0.3, -0.25) is 14.4 Å². The molecule has 5 rings (SSSR count). The lowest BCUT2D eigenvalue weighted by Gasteiger charge is -2.62. The Labute approximate surface area is 262 Å². The van der Waals surface area contributed by atoms with E-state index in [2.05, 4.69) is 6.92 Å². The summed E-state index contributed by atoms with van der Waals surface area (Å²) >= 11 is 0. The summed E-state index contributed by atoms with van der Waals surface area (Å²) in [6.07, 6.45) is 14.4. The van der Waals surface area contributed by atoms with Crippen molar-refractivity contribution in [2.45, 2.75) is 154 Å². The number of allylic oxidation sites excluding steroid dienone is 4. The van der Waals surface area contributed by atoms with Gasteiger partial charge in [0, 0.05) is 23.2 Å². The zero-order chi connectivity index (χ0) is 32.0. The third-order valence-corrected chi connectivity index (χ3v) is 11.9. The molecule has 1 unspecified atom stereocenters. The largest absolute Gasteiger partial charge is 0.458 e. The highest BCUT2D eigenvalue weighted by atomic mass is 19.1. The topological polar surface area (TPSA) is 99.1 Å². The second-order valence-corrected chi connectivity index (χ2v) is 15.0. The number of hydrogen-bond acceptors (Lipinski definition) is 7. The second kappa shape index (κ2) is 12.4. The maximum atomic E-state index is 17.6. The molecule has 7 nitrogen and oxygen atoms in total. The van der Waals surface area contributed by atoms with Crippen molar-refractivity contribution in [2.75, 3.05) is 6.61 Å². The molecule has 8 heteroatoms. The molecule has 4 aliphatic carbocycles. The summed E-state index contributed by atoms with van der Waals surface area (Å²) in [4.78, 5) is 39.0. The standard InChI is InChI=1S/C36H53FO7/c1-6-7-8-9-10-11-12-13-14-15-31(41)42-23-29(40)36-30(43-32(2,3)44-36)21-27-26-17-16-24-20-25(38)18-19-33(24,4)35(26,37)28(39)22-34(27,36)5/h18-20,26-28,30,39H,6-17,21-23H2,1-5H3/t26-,27-,28-,30+,33-,34-,35?,36+/m0/s1. The molecule has 4 fully saturated rings. The lowest BCUT2D eigenvalue weighted by molar-refractivity contribution is -0.246. The number of fused-ring (bicyclic) bond motifs is 7. The average molecular weight is 617 g/mol. The van der Waals surface area contributed by atoms with Gasteiger partial charge in [0.1, 0.15) is 0 Å². The van der Waals surface area contributed by atoms with E-state index in [1.54, 1.807) is 26.8 Å². The number of esters is 1. The van der Waals surface area contributed by atoms with Crippen LogP contribution in [0.2, 0.25) is 0 Å². The average Bonchev–Trinajstić information content (AvgIpc) is 3.37. The number of unbranched alkanes of at least 4 members (excludes halogenated alkanes) is 8. The summed E-state index contributed by atoms with van der Waals surface area (Å²) in [6, 6.07) is 0. The van der Waals surface area contributed by atoms with Gasteiger partial charge in [-0.25, -0.2) is 4.39 Å². The fraction of sp³-hybridized carbons (Fsp3) is 0.806. The monoisotopic (exact) mass is 616 g/mol. The van der Waals surface area contributed by atoms with Gasteiger partial charge < -0.3 is 19.3 Å². The molecule has 0 radical (unpaired) electrons. The van der Waals surface area contributed by atoms with Gasteiger partial charge in [-0.05, 0) is 70.9 Å². The summed E-state index contributed by atoms with van der Waals surface area (Å²) < 4.78 is 35.9. The van der Waals surface area contributed by atoms with Gasteiger partial charge in [0.15, 0.2) is 29.4 Å². The smallest absolute Gasteiger partial charge is 0.306 e. The molecule has 0 aromatic rings. The van der Waals surface area contributed by atoms with E-state index < -0.39 is 58.6 Å². The number of halogens is 1. The first kappa shape index (κ1) is 33.5. The lowest BCUT2D eigenvalue weighted by Crippen LogP contribution is -2.70. The molecule has 3 saturated carbocycles. The number of carbonyl (C=O) groups excluding carboxylic acids is 3.